The van der Waals surface area contributed by atoms with Crippen LogP contribution in [0.5, 0.6) is 0 Å². The van der Waals surface area contributed by atoms with E-state index >= 15 is 0 Å². The molecule has 0 fully saturated rings. The second kappa shape index (κ2) is 26.9. The van der Waals surface area contributed by atoms with E-state index in [0.717, 1.165) is 119 Å². The molecule has 0 saturated carbocycles. The lowest BCUT2D eigenvalue weighted by Gasteiger charge is -2.45. The summed E-state index contributed by atoms with van der Waals surface area (Å²) in [7, 11) is 0. The van der Waals surface area contributed by atoms with Crippen molar-refractivity contribution in [3.8, 4) is 56.3 Å². The summed E-state index contributed by atoms with van der Waals surface area (Å²) in [5.74, 6) is 8.19. The van der Waals surface area contributed by atoms with Gasteiger partial charge >= 0.3 is 0 Å². The second-order valence-corrected chi connectivity index (χ2v) is 37.5. The van der Waals surface area contributed by atoms with Crippen molar-refractivity contribution in [1.82, 2.24) is 0 Å². The van der Waals surface area contributed by atoms with Gasteiger partial charge in [0.1, 0.15) is 0 Å². The van der Waals surface area contributed by atoms with Crippen LogP contribution in [-0.4, -0.2) is 13.4 Å². The molecular weight excluding hydrogens is 1530 g/mol. The van der Waals surface area contributed by atoms with Crippen molar-refractivity contribution in [2.45, 2.75) is 77.0 Å². The highest BCUT2D eigenvalue weighted by molar-refractivity contribution is 7.01. The third-order valence-corrected chi connectivity index (χ3v) is 28.9. The third kappa shape index (κ3) is 10.8. The quantitative estimate of drug-likeness (QED) is 0.0613. The summed E-state index contributed by atoms with van der Waals surface area (Å²) in [4.78, 5) is 10.3. The number of benzene rings is 17. The zero-order valence-electron chi connectivity index (χ0n) is 71.6. The first kappa shape index (κ1) is 73.5. The first-order chi connectivity index (χ1) is 61.4. The minimum Gasteiger partial charge on any atom is -0.399 e. The lowest BCUT2D eigenvalue weighted by molar-refractivity contribution is 0.660. The van der Waals surface area contributed by atoms with Crippen molar-refractivity contribution in [3.63, 3.8) is 0 Å². The Morgan fingerprint density at radius 2 is 0.452 bits per heavy atom. The van der Waals surface area contributed by atoms with Crippen LogP contribution in [0.25, 0.3) is 44.5 Å². The fourth-order valence-corrected chi connectivity index (χ4v) is 22.9. The molecule has 0 spiro atoms. The van der Waals surface area contributed by atoms with Gasteiger partial charge in [0, 0.05) is 141 Å². The molecule has 0 aromatic heterocycles. The molecule has 17 aromatic rings. The lowest BCUT2D eigenvalue weighted by Crippen LogP contribution is -2.61. The van der Waals surface area contributed by atoms with Gasteiger partial charge in [0.2, 0.25) is 0 Å². The maximum Gasteiger partial charge on any atom is 0.252 e. The molecule has 4 aliphatic heterocycles. The molecule has 0 saturated heterocycles. The van der Waals surface area contributed by atoms with Gasteiger partial charge in [0.15, 0.2) is 0 Å². The Hall–Kier alpha value is -15.2. The Kier molecular flexibility index (Phi) is 15.7. The number of rotatable bonds is 10. The summed E-state index contributed by atoms with van der Waals surface area (Å²) < 4.78 is 0. The molecule has 25 rings (SSSR count). The van der Waals surface area contributed by atoms with E-state index in [9.17, 15) is 0 Å². The van der Waals surface area contributed by atoms with Crippen molar-refractivity contribution in [1.29, 1.82) is 0 Å². The maximum atomic E-state index is 6.79. The molecule has 0 radical (unpaired) electrons. The van der Waals surface area contributed by atoms with Gasteiger partial charge in [0.25, 0.3) is 13.4 Å². The summed E-state index contributed by atoms with van der Waals surface area (Å²) in [5.41, 5.74) is 55.4. The SMILES string of the molecule is CC1(C)c2cc(N)ccc2-c2cc3c(cc21)N(c1ccccc1)c1cc(C#Cc2cc4c5c(c2)N(c2ccccc2)c2cc6c(cc2B5c2cc5c(cc2N4c2ccccc2)C(C)(C)c2cc(Nc4ccccc4)ccc2-5)-c2ccc(Nc4ccccc4)cc2C6(C)C)cc2c1B3c1cc3c(cc1N2c1ccccc1)C(C)(C)c1cc(Nc2ccccc2)ccc1-3. The van der Waals surface area contributed by atoms with Gasteiger partial charge in [0.05, 0.1) is 0 Å². The van der Waals surface area contributed by atoms with Crippen LogP contribution in [0.15, 0.2) is 358 Å². The average Bonchev–Trinajstić information content (AvgIpc) is 1.34. The largest absolute Gasteiger partial charge is 0.399 e. The molecule has 4 aliphatic carbocycles. The molecule has 10 heteroatoms. The summed E-state index contributed by atoms with van der Waals surface area (Å²) in [5, 5.41) is 11.3. The maximum absolute atomic E-state index is 6.79. The van der Waals surface area contributed by atoms with E-state index in [4.69, 9.17) is 5.73 Å². The van der Waals surface area contributed by atoms with Crippen molar-refractivity contribution < 1.29 is 0 Å². The van der Waals surface area contributed by atoms with E-state index < -0.39 is 0 Å². The Balaban J connectivity index is 0.729. The number of nitrogens with one attached hydrogen (secondary N) is 3. The van der Waals surface area contributed by atoms with E-state index in [1.54, 1.807) is 0 Å². The average molecular weight is 1620 g/mol. The molecular formula is C116H88B2N8. The van der Waals surface area contributed by atoms with E-state index in [1.165, 1.54) is 122 Å². The number of nitrogens with zero attached hydrogens (tertiary/aromatic N) is 4. The number of nitrogens with two attached hydrogens (primary N) is 1. The Morgan fingerprint density at radius 3 is 0.714 bits per heavy atom. The van der Waals surface area contributed by atoms with Crippen LogP contribution < -0.4 is 74.1 Å². The Labute approximate surface area is 737 Å². The van der Waals surface area contributed by atoms with E-state index in [1.807, 2.05) is 0 Å². The zero-order valence-corrected chi connectivity index (χ0v) is 71.6. The highest BCUT2D eigenvalue weighted by Crippen LogP contribution is 2.59. The molecule has 0 atom stereocenters. The number of para-hydroxylation sites is 7. The summed E-state index contributed by atoms with van der Waals surface area (Å²) in [6, 6.07) is 134. The molecule has 598 valence electrons. The summed E-state index contributed by atoms with van der Waals surface area (Å²) >= 11 is 0. The van der Waals surface area contributed by atoms with Gasteiger partial charge in [-0.25, -0.2) is 0 Å². The van der Waals surface area contributed by atoms with Crippen LogP contribution in [0, 0.1) is 11.8 Å². The van der Waals surface area contributed by atoms with Gasteiger partial charge in [-0.3, -0.25) is 0 Å². The van der Waals surface area contributed by atoms with Crippen LogP contribution in [0.2, 0.25) is 0 Å². The minimum atomic E-state index is -0.371. The normalized spacial score (nSPS) is 15.1. The fraction of sp³-hybridized carbons (Fsp3) is 0.103. The van der Waals surface area contributed by atoms with Crippen molar-refractivity contribution in [2.24, 2.45) is 0 Å². The Bertz CT molecular complexity index is 7350. The third-order valence-electron chi connectivity index (χ3n) is 28.9. The van der Waals surface area contributed by atoms with Gasteiger partial charge < -0.3 is 41.3 Å². The summed E-state index contributed by atoms with van der Waals surface area (Å²) in [6.07, 6.45) is 0. The zero-order chi connectivity index (χ0) is 84.5. The molecule has 0 amide bonds. The first-order valence-electron chi connectivity index (χ1n) is 44.2. The topological polar surface area (TPSA) is 75.1 Å². The van der Waals surface area contributed by atoms with Crippen LogP contribution in [0.3, 0.4) is 0 Å². The van der Waals surface area contributed by atoms with Gasteiger partial charge in [-0.15, -0.1) is 0 Å². The molecule has 17 aromatic carbocycles. The standard InChI is InChI=1S/C116H88B2N8/c1-113(2)91-58-72(119)46-50-83(91)87-62-99-103(66-95(87)113)123(79-36-22-12-23-37-79)107-54-70(55-108-111(107)117(99)100-63-88-84-51-47-76(120-73-30-16-9-17-31-73)59-92(84)114(3,4)96(88)67-104(100)124(108)80-38-24-13-25-39-80)44-45-71-56-109-112-110(57-71)126(82-42-28-15-29-43-82)106-69-98-90(86-53-49-78(61-94(86)116(98,7)8)122-75-34-20-11-21-35-75)65-102(106)118(112)101-64-89-85-52-48-77(121-74-32-18-10-19-33-74)60-93(85)115(5,6)97(89)68-105(101)125(109)81-40-26-14-27-41-81/h9-43,46-69,120-122H,119H2,1-8H3. The second-order valence-electron chi connectivity index (χ2n) is 37.5. The smallest absolute Gasteiger partial charge is 0.252 e. The molecule has 8 nitrogen and oxygen atoms in total. The Morgan fingerprint density at radius 1 is 0.222 bits per heavy atom. The van der Waals surface area contributed by atoms with Crippen LogP contribution in [0.4, 0.5) is 108 Å². The van der Waals surface area contributed by atoms with Crippen LogP contribution in [-0.2, 0) is 21.7 Å². The summed E-state index contributed by atoms with van der Waals surface area (Å²) in [6.45, 7) is 18.8. The minimum absolute atomic E-state index is 0.213. The molecule has 0 unspecified atom stereocenters. The molecule has 4 heterocycles. The highest BCUT2D eigenvalue weighted by atomic mass is 15.2. The molecule has 5 N–H and O–H groups in total. The fourth-order valence-electron chi connectivity index (χ4n) is 22.9. The van der Waals surface area contributed by atoms with Crippen molar-refractivity contribution in [3.05, 3.63) is 414 Å². The number of hydrogen-bond acceptors (Lipinski definition) is 8. The van der Waals surface area contributed by atoms with E-state index in [2.05, 4.69) is 461 Å². The number of anilines is 19. The van der Waals surface area contributed by atoms with Gasteiger partial charge in [-0.05, 0) is 304 Å². The number of hydrogen-bond donors (Lipinski definition) is 4. The van der Waals surface area contributed by atoms with Gasteiger partial charge in [-0.2, -0.15) is 0 Å². The monoisotopic (exact) mass is 1610 g/mol. The first-order valence-corrected chi connectivity index (χ1v) is 44.2. The number of fused-ring (bicyclic) bond motifs is 20. The van der Waals surface area contributed by atoms with E-state index in [0.29, 0.717) is 0 Å². The predicted octanol–water partition coefficient (Wildman–Crippen LogP) is 25.3. The highest BCUT2D eigenvalue weighted by Gasteiger charge is 2.52. The molecule has 8 aliphatic rings. The van der Waals surface area contributed by atoms with Crippen molar-refractivity contribution in [2.75, 3.05) is 41.3 Å². The molecule has 0 bridgehead atoms. The van der Waals surface area contributed by atoms with Crippen molar-refractivity contribution >= 4 is 154 Å². The van der Waals surface area contributed by atoms with Gasteiger partial charge in [-0.1, -0.05) is 243 Å². The molecule has 126 heavy (non-hydrogen) atoms. The van der Waals surface area contributed by atoms with Crippen LogP contribution >= 0.6 is 0 Å². The number of nitrogen functional groups attached to an aromatic ring is 1. The lowest BCUT2D eigenvalue weighted by atomic mass is 9.33. The van der Waals surface area contributed by atoms with E-state index in [-0.39, 0.29) is 35.1 Å². The van der Waals surface area contributed by atoms with Crippen LogP contribution in [0.1, 0.15) is 111 Å². The predicted molar refractivity (Wildman–Crippen MR) is 531 cm³/mol.